The molecule has 2 aromatic carbocycles. The van der Waals surface area contributed by atoms with Gasteiger partial charge in [-0.3, -0.25) is 0 Å². The van der Waals surface area contributed by atoms with Gasteiger partial charge in [0, 0.05) is 10.9 Å². The van der Waals surface area contributed by atoms with Crippen molar-refractivity contribution < 1.29 is 9.84 Å². The van der Waals surface area contributed by atoms with Crippen LogP contribution < -0.4 is 4.74 Å². The zero-order chi connectivity index (χ0) is 13.0. The van der Waals surface area contributed by atoms with E-state index in [0.29, 0.717) is 6.42 Å². The Kier molecular flexibility index (Phi) is 4.39. The Morgan fingerprint density at radius 1 is 1.11 bits per heavy atom. The second-order valence-corrected chi connectivity index (χ2v) is 4.91. The van der Waals surface area contributed by atoms with Crippen LogP contribution in [0, 0.1) is 0 Å². The monoisotopic (exact) mass is 306 g/mol. The SMILES string of the molecule is COc1ccccc1CC(O)c1ccccc1Br. The highest BCUT2D eigenvalue weighted by atomic mass is 79.9. The Bertz CT molecular complexity index is 525. The van der Waals surface area contributed by atoms with Crippen molar-refractivity contribution in [1.82, 2.24) is 0 Å². The number of methoxy groups -OCH3 is 1. The molecule has 0 aliphatic heterocycles. The fourth-order valence-electron chi connectivity index (χ4n) is 1.94. The van der Waals surface area contributed by atoms with Gasteiger partial charge in [0.1, 0.15) is 5.75 Å². The molecule has 2 aromatic rings. The summed E-state index contributed by atoms with van der Waals surface area (Å²) in [6, 6.07) is 15.5. The van der Waals surface area contributed by atoms with Crippen molar-refractivity contribution in [3.8, 4) is 5.75 Å². The molecular weight excluding hydrogens is 292 g/mol. The van der Waals surface area contributed by atoms with E-state index in [2.05, 4.69) is 15.9 Å². The van der Waals surface area contributed by atoms with Gasteiger partial charge in [0.05, 0.1) is 13.2 Å². The van der Waals surface area contributed by atoms with Gasteiger partial charge in [-0.2, -0.15) is 0 Å². The Morgan fingerprint density at radius 3 is 2.50 bits per heavy atom. The number of hydrogen-bond acceptors (Lipinski definition) is 2. The highest BCUT2D eigenvalue weighted by Gasteiger charge is 2.13. The van der Waals surface area contributed by atoms with Gasteiger partial charge in [0.25, 0.3) is 0 Å². The van der Waals surface area contributed by atoms with Gasteiger partial charge in [-0.25, -0.2) is 0 Å². The number of ether oxygens (including phenoxy) is 1. The molecule has 0 saturated carbocycles. The number of halogens is 1. The average Bonchev–Trinajstić information content (AvgIpc) is 2.39. The molecule has 94 valence electrons. The third kappa shape index (κ3) is 2.92. The highest BCUT2D eigenvalue weighted by molar-refractivity contribution is 9.10. The summed E-state index contributed by atoms with van der Waals surface area (Å²) in [7, 11) is 1.64. The van der Waals surface area contributed by atoms with Gasteiger partial charge >= 0.3 is 0 Å². The van der Waals surface area contributed by atoms with Gasteiger partial charge in [-0.05, 0) is 23.3 Å². The molecule has 18 heavy (non-hydrogen) atoms. The van der Waals surface area contributed by atoms with E-state index in [9.17, 15) is 5.11 Å². The van der Waals surface area contributed by atoms with Crippen LogP contribution in [0.4, 0.5) is 0 Å². The second kappa shape index (κ2) is 6.03. The van der Waals surface area contributed by atoms with Crippen LogP contribution >= 0.6 is 15.9 Å². The molecule has 0 aliphatic rings. The zero-order valence-corrected chi connectivity index (χ0v) is 11.7. The maximum atomic E-state index is 10.3. The maximum Gasteiger partial charge on any atom is 0.122 e. The van der Waals surface area contributed by atoms with E-state index in [1.54, 1.807) is 7.11 Å². The summed E-state index contributed by atoms with van der Waals surface area (Å²) in [5, 5.41) is 10.3. The minimum Gasteiger partial charge on any atom is -0.496 e. The summed E-state index contributed by atoms with van der Waals surface area (Å²) < 4.78 is 6.21. The molecule has 1 N–H and O–H groups in total. The van der Waals surface area contributed by atoms with E-state index >= 15 is 0 Å². The Labute approximate surface area is 115 Å². The lowest BCUT2D eigenvalue weighted by Crippen LogP contribution is -2.04. The molecule has 0 heterocycles. The molecule has 3 heteroatoms. The first kappa shape index (κ1) is 13.1. The predicted octanol–water partition coefficient (Wildman–Crippen LogP) is 3.73. The van der Waals surface area contributed by atoms with Crippen LogP contribution in [0.1, 0.15) is 17.2 Å². The summed E-state index contributed by atoms with van der Waals surface area (Å²) in [6.45, 7) is 0. The molecule has 0 aromatic heterocycles. The predicted molar refractivity (Wildman–Crippen MR) is 75.8 cm³/mol. The lowest BCUT2D eigenvalue weighted by atomic mass is 10.0. The first-order chi connectivity index (χ1) is 8.72. The molecule has 0 spiro atoms. The number of benzene rings is 2. The molecule has 2 nitrogen and oxygen atoms in total. The van der Waals surface area contributed by atoms with Gasteiger partial charge in [0.15, 0.2) is 0 Å². The molecular formula is C15H15BrO2. The molecule has 0 aliphatic carbocycles. The molecule has 1 unspecified atom stereocenters. The summed E-state index contributed by atoms with van der Waals surface area (Å²) in [4.78, 5) is 0. The van der Waals surface area contributed by atoms with Crippen LogP contribution in [0.25, 0.3) is 0 Å². The summed E-state index contributed by atoms with van der Waals surface area (Å²) in [5.74, 6) is 0.809. The maximum absolute atomic E-state index is 10.3. The Balaban J connectivity index is 2.21. The first-order valence-electron chi connectivity index (χ1n) is 5.76. The fourth-order valence-corrected chi connectivity index (χ4v) is 2.48. The smallest absolute Gasteiger partial charge is 0.122 e. The topological polar surface area (TPSA) is 29.5 Å². The summed E-state index contributed by atoms with van der Waals surface area (Å²) in [5.41, 5.74) is 1.90. The van der Waals surface area contributed by atoms with E-state index in [0.717, 1.165) is 21.3 Å². The molecule has 0 amide bonds. The third-order valence-electron chi connectivity index (χ3n) is 2.87. The lowest BCUT2D eigenvalue weighted by molar-refractivity contribution is 0.176. The number of aliphatic hydroxyl groups excluding tert-OH is 1. The van der Waals surface area contributed by atoms with Crippen molar-refractivity contribution in [2.75, 3.05) is 7.11 Å². The third-order valence-corrected chi connectivity index (χ3v) is 3.59. The Hall–Kier alpha value is -1.32. The van der Waals surface area contributed by atoms with Crippen LogP contribution in [0.5, 0.6) is 5.75 Å². The Morgan fingerprint density at radius 2 is 1.78 bits per heavy atom. The number of aliphatic hydroxyl groups is 1. The van der Waals surface area contributed by atoms with Gasteiger partial charge in [0.2, 0.25) is 0 Å². The quantitative estimate of drug-likeness (QED) is 0.932. The van der Waals surface area contributed by atoms with Crippen molar-refractivity contribution >= 4 is 15.9 Å². The van der Waals surface area contributed by atoms with Crippen molar-refractivity contribution in [3.05, 3.63) is 64.1 Å². The fraction of sp³-hybridized carbons (Fsp3) is 0.200. The molecule has 0 radical (unpaired) electrons. The minimum absolute atomic E-state index is 0.534. The molecule has 2 rings (SSSR count). The first-order valence-corrected chi connectivity index (χ1v) is 6.56. The van der Waals surface area contributed by atoms with Crippen LogP contribution in [-0.2, 0) is 6.42 Å². The zero-order valence-electron chi connectivity index (χ0n) is 10.1. The van der Waals surface area contributed by atoms with Gasteiger partial charge < -0.3 is 9.84 Å². The van der Waals surface area contributed by atoms with Crippen molar-refractivity contribution in [2.24, 2.45) is 0 Å². The van der Waals surface area contributed by atoms with Crippen LogP contribution in [-0.4, -0.2) is 12.2 Å². The average molecular weight is 307 g/mol. The van der Waals surface area contributed by atoms with E-state index in [-0.39, 0.29) is 0 Å². The number of para-hydroxylation sites is 1. The van der Waals surface area contributed by atoms with Crippen LogP contribution in [0.3, 0.4) is 0 Å². The largest absolute Gasteiger partial charge is 0.496 e. The van der Waals surface area contributed by atoms with Crippen molar-refractivity contribution in [2.45, 2.75) is 12.5 Å². The van der Waals surface area contributed by atoms with E-state index < -0.39 is 6.10 Å². The number of hydrogen-bond donors (Lipinski definition) is 1. The summed E-state index contributed by atoms with van der Waals surface area (Å²) in [6.07, 6.45) is -0.0102. The van der Waals surface area contributed by atoms with Crippen LogP contribution in [0.2, 0.25) is 0 Å². The van der Waals surface area contributed by atoms with Crippen LogP contribution in [0.15, 0.2) is 53.0 Å². The van der Waals surface area contributed by atoms with Crippen molar-refractivity contribution in [1.29, 1.82) is 0 Å². The lowest BCUT2D eigenvalue weighted by Gasteiger charge is -2.14. The minimum atomic E-state index is -0.545. The highest BCUT2D eigenvalue weighted by Crippen LogP contribution is 2.28. The normalized spacial score (nSPS) is 12.2. The van der Waals surface area contributed by atoms with Crippen molar-refractivity contribution in [3.63, 3.8) is 0 Å². The number of rotatable bonds is 4. The second-order valence-electron chi connectivity index (χ2n) is 4.05. The standard InChI is InChI=1S/C15H15BrO2/c1-18-15-9-5-2-6-11(15)10-14(17)12-7-3-4-8-13(12)16/h2-9,14,17H,10H2,1H3. The summed E-state index contributed by atoms with van der Waals surface area (Å²) >= 11 is 3.45. The van der Waals surface area contributed by atoms with Gasteiger partial charge in [-0.15, -0.1) is 0 Å². The van der Waals surface area contributed by atoms with E-state index in [1.807, 2.05) is 48.5 Å². The van der Waals surface area contributed by atoms with E-state index in [4.69, 9.17) is 4.74 Å². The van der Waals surface area contributed by atoms with Gasteiger partial charge in [-0.1, -0.05) is 52.3 Å². The molecule has 0 fully saturated rings. The molecule has 0 saturated heterocycles. The molecule has 0 bridgehead atoms. The van der Waals surface area contributed by atoms with E-state index in [1.165, 1.54) is 0 Å². The molecule has 1 atom stereocenters.